The van der Waals surface area contributed by atoms with E-state index >= 15 is 0 Å². The highest BCUT2D eigenvalue weighted by molar-refractivity contribution is 5.45. The van der Waals surface area contributed by atoms with Gasteiger partial charge in [-0.05, 0) is 36.0 Å². The predicted octanol–water partition coefficient (Wildman–Crippen LogP) is 4.06. The summed E-state index contributed by atoms with van der Waals surface area (Å²) < 4.78 is 5.66. The molecular weight excluding hydrogens is 262 g/mol. The van der Waals surface area contributed by atoms with Gasteiger partial charge in [0.1, 0.15) is 5.75 Å². The van der Waals surface area contributed by atoms with Crippen LogP contribution in [-0.4, -0.2) is 19.6 Å². The third-order valence-electron chi connectivity index (χ3n) is 3.86. The summed E-state index contributed by atoms with van der Waals surface area (Å²) >= 11 is 0. The second-order valence-electron chi connectivity index (χ2n) is 6.14. The van der Waals surface area contributed by atoms with Gasteiger partial charge in [0, 0.05) is 6.54 Å². The molecule has 3 heteroatoms. The third-order valence-corrected chi connectivity index (χ3v) is 3.86. The molecule has 0 aromatic heterocycles. The smallest absolute Gasteiger partial charge is 0.207 e. The van der Waals surface area contributed by atoms with E-state index < -0.39 is 0 Å². The van der Waals surface area contributed by atoms with Crippen molar-refractivity contribution in [3.8, 4) is 5.75 Å². The maximum absolute atomic E-state index is 10.1. The molecule has 21 heavy (non-hydrogen) atoms. The molecular formula is C18H29NO2. The minimum absolute atomic E-state index is 0.224. The largest absolute Gasteiger partial charge is 0.494 e. The second-order valence-corrected chi connectivity index (χ2v) is 6.14. The average molecular weight is 291 g/mol. The van der Waals surface area contributed by atoms with E-state index in [-0.39, 0.29) is 5.41 Å². The molecule has 1 N–H and O–H groups in total. The number of nitrogens with one attached hydrogen (secondary N) is 1. The van der Waals surface area contributed by atoms with Gasteiger partial charge >= 0.3 is 0 Å². The first-order chi connectivity index (χ1) is 10.1. The Morgan fingerprint density at radius 2 is 1.86 bits per heavy atom. The molecule has 0 fully saturated rings. The van der Waals surface area contributed by atoms with E-state index in [4.69, 9.17) is 4.74 Å². The van der Waals surface area contributed by atoms with Crippen LogP contribution in [0.15, 0.2) is 24.3 Å². The Hall–Kier alpha value is -1.51. The normalized spacial score (nSPS) is 11.2. The van der Waals surface area contributed by atoms with Crippen molar-refractivity contribution in [2.24, 2.45) is 0 Å². The van der Waals surface area contributed by atoms with Crippen LogP contribution >= 0.6 is 0 Å². The number of benzene rings is 1. The first-order valence-corrected chi connectivity index (χ1v) is 8.00. The predicted molar refractivity (Wildman–Crippen MR) is 87.8 cm³/mol. The van der Waals surface area contributed by atoms with Gasteiger partial charge in [-0.15, -0.1) is 0 Å². The number of amides is 1. The monoisotopic (exact) mass is 291 g/mol. The van der Waals surface area contributed by atoms with Gasteiger partial charge in [-0.3, -0.25) is 4.79 Å². The molecule has 0 spiro atoms. The van der Waals surface area contributed by atoms with Crippen molar-refractivity contribution in [3.05, 3.63) is 29.8 Å². The van der Waals surface area contributed by atoms with Crippen LogP contribution in [-0.2, 0) is 10.2 Å². The zero-order valence-corrected chi connectivity index (χ0v) is 13.7. The molecule has 0 aliphatic carbocycles. The zero-order chi connectivity index (χ0) is 15.6. The maximum atomic E-state index is 10.1. The van der Waals surface area contributed by atoms with Crippen LogP contribution in [0, 0.1) is 0 Å². The molecule has 0 atom stereocenters. The summed E-state index contributed by atoms with van der Waals surface area (Å²) in [4.78, 5) is 10.1. The first-order valence-electron chi connectivity index (χ1n) is 8.00. The molecule has 0 bridgehead atoms. The number of ether oxygens (including phenoxy) is 1. The first kappa shape index (κ1) is 17.5. The molecule has 118 valence electrons. The van der Waals surface area contributed by atoms with E-state index in [0.717, 1.165) is 18.6 Å². The summed E-state index contributed by atoms with van der Waals surface area (Å²) in [5.41, 5.74) is 1.59. The van der Waals surface area contributed by atoms with E-state index in [2.05, 4.69) is 38.2 Å². The third kappa shape index (κ3) is 6.65. The highest BCUT2D eigenvalue weighted by Gasteiger charge is 2.19. The Balaban J connectivity index is 2.43. The van der Waals surface area contributed by atoms with Crippen molar-refractivity contribution >= 4 is 6.41 Å². The Bertz CT molecular complexity index is 398. The molecule has 3 nitrogen and oxygen atoms in total. The lowest BCUT2D eigenvalue weighted by Crippen LogP contribution is -2.17. The van der Waals surface area contributed by atoms with Crippen LogP contribution in [0.25, 0.3) is 0 Å². The standard InChI is InChI=1S/C18H29NO2/c1-4-5-6-12-18(2,3)16-8-10-17(11-9-16)21-14-7-13-19-15-20/h8-11,15H,4-7,12-14H2,1-3H3,(H,19,20). The lowest BCUT2D eigenvalue weighted by molar-refractivity contribution is -0.109. The summed E-state index contributed by atoms with van der Waals surface area (Å²) in [6.07, 6.45) is 6.61. The van der Waals surface area contributed by atoms with Crippen molar-refractivity contribution in [1.82, 2.24) is 5.32 Å². The highest BCUT2D eigenvalue weighted by Crippen LogP contribution is 2.30. The van der Waals surface area contributed by atoms with Crippen LogP contribution in [0.3, 0.4) is 0 Å². The topological polar surface area (TPSA) is 38.3 Å². The lowest BCUT2D eigenvalue weighted by atomic mass is 9.80. The van der Waals surface area contributed by atoms with Crippen LogP contribution in [0.1, 0.15) is 58.4 Å². The van der Waals surface area contributed by atoms with Crippen molar-refractivity contribution in [2.45, 2.75) is 58.3 Å². The lowest BCUT2D eigenvalue weighted by Gasteiger charge is -2.25. The van der Waals surface area contributed by atoms with Crippen molar-refractivity contribution in [3.63, 3.8) is 0 Å². The summed E-state index contributed by atoms with van der Waals surface area (Å²) in [5.74, 6) is 0.897. The van der Waals surface area contributed by atoms with Gasteiger partial charge in [0.05, 0.1) is 6.61 Å². The minimum Gasteiger partial charge on any atom is -0.494 e. The van der Waals surface area contributed by atoms with E-state index in [1.165, 1.54) is 31.2 Å². The summed E-state index contributed by atoms with van der Waals surface area (Å²) in [5, 5.41) is 2.63. The fourth-order valence-corrected chi connectivity index (χ4v) is 2.39. The highest BCUT2D eigenvalue weighted by atomic mass is 16.5. The van der Waals surface area contributed by atoms with Gasteiger partial charge in [0.25, 0.3) is 0 Å². The molecule has 0 aliphatic heterocycles. The molecule has 1 aromatic rings. The SMILES string of the molecule is CCCCCC(C)(C)c1ccc(OCCCNC=O)cc1. The number of hydrogen-bond donors (Lipinski definition) is 1. The number of carbonyl (C=O) groups excluding carboxylic acids is 1. The van der Waals surface area contributed by atoms with Gasteiger partial charge in [0.15, 0.2) is 0 Å². The Morgan fingerprint density at radius 3 is 2.48 bits per heavy atom. The van der Waals surface area contributed by atoms with Crippen LogP contribution in [0.5, 0.6) is 5.75 Å². The molecule has 0 saturated heterocycles. The average Bonchev–Trinajstić information content (AvgIpc) is 2.48. The van der Waals surface area contributed by atoms with Gasteiger partial charge in [-0.2, -0.15) is 0 Å². The molecule has 0 unspecified atom stereocenters. The Kier molecular flexibility index (Phi) is 7.88. The molecule has 1 rings (SSSR count). The minimum atomic E-state index is 0.224. The van der Waals surface area contributed by atoms with Gasteiger partial charge < -0.3 is 10.1 Å². The second kappa shape index (κ2) is 9.43. The number of rotatable bonds is 11. The van der Waals surface area contributed by atoms with Crippen molar-refractivity contribution < 1.29 is 9.53 Å². The van der Waals surface area contributed by atoms with Crippen LogP contribution in [0.2, 0.25) is 0 Å². The molecule has 0 heterocycles. The van der Waals surface area contributed by atoms with Crippen LogP contribution in [0.4, 0.5) is 0 Å². The quantitative estimate of drug-likeness (QED) is 0.493. The molecule has 0 radical (unpaired) electrons. The van der Waals surface area contributed by atoms with E-state index in [1.807, 2.05) is 12.1 Å². The van der Waals surface area contributed by atoms with Crippen LogP contribution < -0.4 is 10.1 Å². The van der Waals surface area contributed by atoms with Gasteiger partial charge in [0.2, 0.25) is 6.41 Å². The maximum Gasteiger partial charge on any atom is 0.207 e. The van der Waals surface area contributed by atoms with Gasteiger partial charge in [-0.1, -0.05) is 52.2 Å². The summed E-state index contributed by atoms with van der Waals surface area (Å²) in [6.45, 7) is 8.14. The Morgan fingerprint density at radius 1 is 1.14 bits per heavy atom. The summed E-state index contributed by atoms with van der Waals surface area (Å²) in [6, 6.07) is 8.43. The molecule has 1 aromatic carbocycles. The molecule has 0 saturated carbocycles. The fourth-order valence-electron chi connectivity index (χ4n) is 2.39. The zero-order valence-electron chi connectivity index (χ0n) is 13.7. The number of carbonyl (C=O) groups is 1. The molecule has 1 amide bonds. The van der Waals surface area contributed by atoms with E-state index in [0.29, 0.717) is 13.2 Å². The molecule has 0 aliphatic rings. The van der Waals surface area contributed by atoms with E-state index in [9.17, 15) is 4.79 Å². The van der Waals surface area contributed by atoms with Gasteiger partial charge in [-0.25, -0.2) is 0 Å². The Labute approximate surface area is 129 Å². The fraction of sp³-hybridized carbons (Fsp3) is 0.611. The van der Waals surface area contributed by atoms with Crippen molar-refractivity contribution in [1.29, 1.82) is 0 Å². The summed E-state index contributed by atoms with van der Waals surface area (Å²) in [7, 11) is 0. The van der Waals surface area contributed by atoms with Crippen molar-refractivity contribution in [2.75, 3.05) is 13.2 Å². The number of hydrogen-bond acceptors (Lipinski definition) is 2. The number of unbranched alkanes of at least 4 members (excludes halogenated alkanes) is 2. The van der Waals surface area contributed by atoms with E-state index in [1.54, 1.807) is 0 Å².